The highest BCUT2D eigenvalue weighted by Crippen LogP contribution is 2.47. The molecule has 19 heavy (non-hydrogen) atoms. The van der Waals surface area contributed by atoms with Crippen LogP contribution in [0.25, 0.3) is 0 Å². The lowest BCUT2D eigenvalue weighted by atomic mass is 9.79. The highest BCUT2D eigenvalue weighted by Gasteiger charge is 2.60. The Morgan fingerprint density at radius 3 is 2.63 bits per heavy atom. The molecule has 3 nitrogen and oxygen atoms in total. The molecule has 2 bridgehead atoms. The van der Waals surface area contributed by atoms with Crippen LogP contribution in [0.15, 0.2) is 30.3 Å². The zero-order valence-corrected chi connectivity index (χ0v) is 11.6. The lowest BCUT2D eigenvalue weighted by Gasteiger charge is -2.44. The Morgan fingerprint density at radius 2 is 1.95 bits per heavy atom. The zero-order chi connectivity index (χ0) is 13.7. The summed E-state index contributed by atoms with van der Waals surface area (Å²) in [5, 5.41) is 1.74. The average Bonchev–Trinajstić information content (AvgIpc) is 2.69. The van der Waals surface area contributed by atoms with Crippen LogP contribution >= 0.6 is 0 Å². The fourth-order valence-electron chi connectivity index (χ4n) is 2.88. The molecular weight excluding hydrogens is 245 g/mol. The van der Waals surface area contributed by atoms with Crippen molar-refractivity contribution >= 4 is 0 Å². The highest BCUT2D eigenvalue weighted by atomic mass is 19.1. The highest BCUT2D eigenvalue weighted by molar-refractivity contribution is 5.15. The molecule has 0 aliphatic carbocycles. The quantitative estimate of drug-likeness (QED) is 0.820. The molecule has 0 saturated carbocycles. The van der Waals surface area contributed by atoms with Crippen molar-refractivity contribution in [2.75, 3.05) is 0 Å². The van der Waals surface area contributed by atoms with Gasteiger partial charge in [-0.15, -0.1) is 0 Å². The number of nitrogens with zero attached hydrogens (tertiary/aromatic N) is 1. The summed E-state index contributed by atoms with van der Waals surface area (Å²) < 4.78 is 20.8. The van der Waals surface area contributed by atoms with E-state index in [4.69, 9.17) is 9.57 Å². The number of benzene rings is 1. The smallest absolute Gasteiger partial charge is 0.180 e. The summed E-state index contributed by atoms with van der Waals surface area (Å²) in [5.74, 6) is 0. The van der Waals surface area contributed by atoms with Crippen LogP contribution in [0.3, 0.4) is 0 Å². The van der Waals surface area contributed by atoms with Crippen LogP contribution in [-0.2, 0) is 16.1 Å². The van der Waals surface area contributed by atoms with Gasteiger partial charge in [0.25, 0.3) is 0 Å². The largest absolute Gasteiger partial charge is 0.341 e. The van der Waals surface area contributed by atoms with Crippen LogP contribution in [0.4, 0.5) is 4.39 Å². The number of hydroxylamine groups is 2. The predicted octanol–water partition coefficient (Wildman–Crippen LogP) is 3.06. The van der Waals surface area contributed by atoms with E-state index in [9.17, 15) is 0 Å². The maximum Gasteiger partial charge on any atom is 0.180 e. The Balaban J connectivity index is 1.82. The molecule has 4 heteroatoms. The summed E-state index contributed by atoms with van der Waals surface area (Å²) in [6.07, 6.45) is 0.260. The van der Waals surface area contributed by atoms with Gasteiger partial charge in [0.15, 0.2) is 12.0 Å². The second-order valence-electron chi connectivity index (χ2n) is 6.05. The molecule has 0 N–H and O–H groups in total. The normalized spacial score (nSPS) is 37.5. The summed E-state index contributed by atoms with van der Waals surface area (Å²) in [6, 6.07) is 9.71. The Hall–Kier alpha value is -0.970. The molecule has 0 amide bonds. The van der Waals surface area contributed by atoms with E-state index in [1.165, 1.54) is 0 Å². The molecule has 1 aromatic carbocycles. The predicted molar refractivity (Wildman–Crippen MR) is 69.9 cm³/mol. The molecule has 0 aromatic heterocycles. The molecular formula is C15H20FNO2. The zero-order valence-electron chi connectivity index (χ0n) is 11.6. The number of ether oxygens (including phenoxy) is 1. The molecule has 2 heterocycles. The first kappa shape index (κ1) is 13.0. The number of hydrogen-bond acceptors (Lipinski definition) is 3. The van der Waals surface area contributed by atoms with E-state index in [2.05, 4.69) is 0 Å². The van der Waals surface area contributed by atoms with Gasteiger partial charge in [-0.05, 0) is 26.3 Å². The third-order valence-corrected chi connectivity index (χ3v) is 4.43. The SMILES string of the molecule is CC1(C)O[C@H]2C[C@H](N(Cc3ccccc3)O2)[C@@]1(C)F. The number of hydrogen-bond donors (Lipinski definition) is 0. The van der Waals surface area contributed by atoms with Crippen molar-refractivity contribution in [3.63, 3.8) is 0 Å². The van der Waals surface area contributed by atoms with Gasteiger partial charge in [-0.3, -0.25) is 4.84 Å². The summed E-state index contributed by atoms with van der Waals surface area (Å²) in [5.41, 5.74) is -1.15. The first-order valence-corrected chi connectivity index (χ1v) is 6.74. The van der Waals surface area contributed by atoms with Crippen molar-refractivity contribution < 1.29 is 14.0 Å². The van der Waals surface area contributed by atoms with Crippen LogP contribution in [0.5, 0.6) is 0 Å². The lowest BCUT2D eigenvalue weighted by Crippen LogP contribution is -2.59. The molecule has 2 fully saturated rings. The summed E-state index contributed by atoms with van der Waals surface area (Å²) in [4.78, 5) is 5.73. The van der Waals surface area contributed by atoms with Gasteiger partial charge >= 0.3 is 0 Å². The van der Waals surface area contributed by atoms with Crippen LogP contribution < -0.4 is 0 Å². The number of fused-ring (bicyclic) bond motifs is 2. The summed E-state index contributed by atoms with van der Waals surface area (Å²) >= 11 is 0. The minimum absolute atomic E-state index is 0.263. The van der Waals surface area contributed by atoms with Crippen molar-refractivity contribution in [3.05, 3.63) is 35.9 Å². The Kier molecular flexibility index (Phi) is 2.93. The van der Waals surface area contributed by atoms with E-state index < -0.39 is 11.3 Å². The summed E-state index contributed by atoms with van der Waals surface area (Å²) in [6.45, 7) is 5.78. The van der Waals surface area contributed by atoms with Crippen molar-refractivity contribution in [1.82, 2.24) is 5.06 Å². The van der Waals surface area contributed by atoms with Gasteiger partial charge in [-0.25, -0.2) is 4.39 Å². The number of halogens is 1. The molecule has 3 atom stereocenters. The first-order valence-electron chi connectivity index (χ1n) is 6.74. The maximum absolute atomic E-state index is 15.0. The van der Waals surface area contributed by atoms with E-state index >= 15 is 4.39 Å². The van der Waals surface area contributed by atoms with Crippen molar-refractivity contribution in [3.8, 4) is 0 Å². The van der Waals surface area contributed by atoms with Crippen molar-refractivity contribution in [2.45, 2.75) is 57.3 Å². The van der Waals surface area contributed by atoms with E-state index in [1.807, 2.05) is 30.3 Å². The van der Waals surface area contributed by atoms with Gasteiger partial charge in [-0.1, -0.05) is 30.3 Å². The van der Waals surface area contributed by atoms with Crippen molar-refractivity contribution in [2.24, 2.45) is 0 Å². The second kappa shape index (κ2) is 4.27. The Bertz CT molecular complexity index is 460. The van der Waals surface area contributed by atoms with Gasteiger partial charge < -0.3 is 4.74 Å². The minimum atomic E-state index is -1.44. The van der Waals surface area contributed by atoms with Gasteiger partial charge in [0.05, 0.1) is 6.04 Å². The van der Waals surface area contributed by atoms with Gasteiger partial charge in [0.1, 0.15) is 5.60 Å². The van der Waals surface area contributed by atoms with Crippen LogP contribution in [0.1, 0.15) is 32.8 Å². The maximum atomic E-state index is 15.0. The molecule has 1 aromatic rings. The molecule has 2 aliphatic rings. The fourth-order valence-corrected chi connectivity index (χ4v) is 2.88. The van der Waals surface area contributed by atoms with Gasteiger partial charge in [0, 0.05) is 13.0 Å². The molecule has 0 unspecified atom stereocenters. The van der Waals surface area contributed by atoms with Gasteiger partial charge in [-0.2, -0.15) is 5.06 Å². The minimum Gasteiger partial charge on any atom is -0.341 e. The van der Waals surface area contributed by atoms with E-state index in [1.54, 1.807) is 25.8 Å². The van der Waals surface area contributed by atoms with Crippen LogP contribution in [0, 0.1) is 0 Å². The molecule has 2 aliphatic heterocycles. The molecule has 2 saturated heterocycles. The lowest BCUT2D eigenvalue weighted by molar-refractivity contribution is -0.258. The van der Waals surface area contributed by atoms with Crippen LogP contribution in [0.2, 0.25) is 0 Å². The van der Waals surface area contributed by atoms with E-state index in [0.717, 1.165) is 5.56 Å². The monoisotopic (exact) mass is 265 g/mol. The molecule has 104 valence electrons. The third kappa shape index (κ3) is 2.08. The number of alkyl halides is 1. The topological polar surface area (TPSA) is 21.7 Å². The Morgan fingerprint density at radius 1 is 1.26 bits per heavy atom. The Labute approximate surface area is 113 Å². The van der Waals surface area contributed by atoms with E-state index in [-0.39, 0.29) is 12.3 Å². The standard InChI is InChI=1S/C15H20FNO2/c1-14(2)15(3,16)12-9-13(18-14)19-17(12)10-11-7-5-4-6-8-11/h4-8,12-13H,9-10H2,1-3H3/t12-,13+,15+/m0/s1. The second-order valence-corrected chi connectivity index (χ2v) is 6.05. The van der Waals surface area contributed by atoms with Crippen LogP contribution in [-0.4, -0.2) is 28.7 Å². The van der Waals surface area contributed by atoms with Gasteiger partial charge in [0.2, 0.25) is 0 Å². The number of rotatable bonds is 2. The fraction of sp³-hybridized carbons (Fsp3) is 0.600. The molecule has 3 rings (SSSR count). The van der Waals surface area contributed by atoms with E-state index in [0.29, 0.717) is 13.0 Å². The third-order valence-electron chi connectivity index (χ3n) is 4.43. The molecule has 0 spiro atoms. The molecule has 0 radical (unpaired) electrons. The first-order chi connectivity index (χ1) is 8.90. The average molecular weight is 265 g/mol. The van der Waals surface area contributed by atoms with Crippen molar-refractivity contribution in [1.29, 1.82) is 0 Å². The summed E-state index contributed by atoms with van der Waals surface area (Å²) in [7, 11) is 0.